The van der Waals surface area contributed by atoms with Crippen LogP contribution in [0.2, 0.25) is 0 Å². The number of hydrogen-bond donors (Lipinski definition) is 0. The van der Waals surface area contributed by atoms with E-state index in [0.29, 0.717) is 19.0 Å². The minimum absolute atomic E-state index is 0.241. The highest BCUT2D eigenvalue weighted by Gasteiger charge is 2.21. The van der Waals surface area contributed by atoms with Crippen molar-refractivity contribution in [1.29, 1.82) is 0 Å². The second-order valence-electron chi connectivity index (χ2n) is 3.94. The summed E-state index contributed by atoms with van der Waals surface area (Å²) in [6, 6.07) is 0. The predicted octanol–water partition coefficient (Wildman–Crippen LogP) is -0.787. The molecule has 0 fully saturated rings. The maximum atomic E-state index is 12.8. The summed E-state index contributed by atoms with van der Waals surface area (Å²) in [5, 5.41) is 0. The van der Waals surface area contributed by atoms with Crippen LogP contribution < -0.4 is 16.3 Å². The fourth-order valence-corrected chi connectivity index (χ4v) is 1.76. The molecular weight excluding hydrogens is 215 g/mol. The number of anilines is 1. The van der Waals surface area contributed by atoms with Crippen LogP contribution in [0.5, 0.6) is 0 Å². The van der Waals surface area contributed by atoms with Crippen molar-refractivity contribution in [3.8, 4) is 0 Å². The van der Waals surface area contributed by atoms with E-state index >= 15 is 0 Å². The number of fused-ring (bicyclic) bond motifs is 1. The number of alkyl halides is 1. The molecule has 1 unspecified atom stereocenters. The molecule has 0 radical (unpaired) electrons. The van der Waals surface area contributed by atoms with Crippen LogP contribution in [0, 0.1) is 0 Å². The Hall–Kier alpha value is -1.66. The van der Waals surface area contributed by atoms with Crippen molar-refractivity contribution in [3.63, 3.8) is 0 Å². The Morgan fingerprint density at radius 1 is 1.44 bits per heavy atom. The van der Waals surface area contributed by atoms with Gasteiger partial charge in [-0.15, -0.1) is 0 Å². The molecule has 0 saturated carbocycles. The zero-order valence-electron chi connectivity index (χ0n) is 9.18. The third kappa shape index (κ3) is 1.62. The summed E-state index contributed by atoms with van der Waals surface area (Å²) in [6.45, 7) is 2.18. The van der Waals surface area contributed by atoms with Crippen molar-refractivity contribution in [2.24, 2.45) is 0 Å². The minimum atomic E-state index is -1.25. The molecule has 0 amide bonds. The molecule has 6 nitrogen and oxygen atoms in total. The fraction of sp³-hybridized carbons (Fsp3) is 0.667. The standard InChI is InChI=1S/C9H13FN4O2/c1-6(10)5-14-8(15)11-7-12(2)3-4-13(7)9(14)16/h6H,3-5H2,1-2H3. The summed E-state index contributed by atoms with van der Waals surface area (Å²) in [5.74, 6) is 0.359. The molecular formula is C9H13FN4O2. The lowest BCUT2D eigenvalue weighted by molar-refractivity contribution is 0.308. The fourth-order valence-electron chi connectivity index (χ4n) is 1.76. The number of aromatic nitrogens is 3. The minimum Gasteiger partial charge on any atom is -0.343 e. The van der Waals surface area contributed by atoms with Gasteiger partial charge in [-0.3, -0.25) is 4.57 Å². The molecule has 1 aliphatic heterocycles. The van der Waals surface area contributed by atoms with Gasteiger partial charge in [0.05, 0.1) is 6.54 Å². The van der Waals surface area contributed by atoms with E-state index in [1.54, 1.807) is 11.9 Å². The van der Waals surface area contributed by atoms with E-state index in [0.717, 1.165) is 4.57 Å². The monoisotopic (exact) mass is 228 g/mol. The van der Waals surface area contributed by atoms with Crippen LogP contribution in [0.15, 0.2) is 9.59 Å². The van der Waals surface area contributed by atoms with Gasteiger partial charge in [-0.1, -0.05) is 0 Å². The molecule has 0 bridgehead atoms. The van der Waals surface area contributed by atoms with E-state index < -0.39 is 17.6 Å². The average Bonchev–Trinajstić information content (AvgIpc) is 2.55. The van der Waals surface area contributed by atoms with Gasteiger partial charge in [0.15, 0.2) is 0 Å². The summed E-state index contributed by atoms with van der Waals surface area (Å²) in [4.78, 5) is 28.9. The van der Waals surface area contributed by atoms with Gasteiger partial charge in [-0.05, 0) is 6.92 Å². The predicted molar refractivity (Wildman–Crippen MR) is 56.6 cm³/mol. The molecule has 0 spiro atoms. The van der Waals surface area contributed by atoms with Crippen LogP contribution in [0.25, 0.3) is 0 Å². The van der Waals surface area contributed by atoms with E-state index in [2.05, 4.69) is 4.98 Å². The molecule has 0 N–H and O–H groups in total. The topological polar surface area (TPSA) is 60.1 Å². The Morgan fingerprint density at radius 3 is 2.75 bits per heavy atom. The molecule has 1 aliphatic rings. The number of halogens is 1. The second kappa shape index (κ2) is 3.73. The third-order valence-electron chi connectivity index (χ3n) is 2.56. The van der Waals surface area contributed by atoms with Gasteiger partial charge in [-0.25, -0.2) is 18.5 Å². The van der Waals surface area contributed by atoms with Crippen LogP contribution in [0.3, 0.4) is 0 Å². The first kappa shape index (κ1) is 10.8. The molecule has 2 heterocycles. The van der Waals surface area contributed by atoms with Crippen molar-refractivity contribution >= 4 is 5.95 Å². The molecule has 1 atom stereocenters. The summed E-state index contributed by atoms with van der Waals surface area (Å²) >= 11 is 0. The Labute approximate surface area is 90.9 Å². The number of likely N-dealkylation sites (N-methyl/N-ethyl adjacent to an activating group) is 1. The maximum absolute atomic E-state index is 12.8. The van der Waals surface area contributed by atoms with Crippen molar-refractivity contribution in [2.45, 2.75) is 26.2 Å². The lowest BCUT2D eigenvalue weighted by atomic mass is 10.4. The summed E-state index contributed by atoms with van der Waals surface area (Å²) < 4.78 is 15.1. The number of hydrogen-bond acceptors (Lipinski definition) is 4. The highest BCUT2D eigenvalue weighted by molar-refractivity contribution is 5.31. The quantitative estimate of drug-likeness (QED) is 0.665. The van der Waals surface area contributed by atoms with E-state index in [1.165, 1.54) is 11.5 Å². The van der Waals surface area contributed by atoms with Gasteiger partial charge in [0.2, 0.25) is 5.95 Å². The summed E-state index contributed by atoms with van der Waals surface area (Å²) in [5.41, 5.74) is -1.17. The van der Waals surface area contributed by atoms with Gasteiger partial charge >= 0.3 is 11.4 Å². The van der Waals surface area contributed by atoms with E-state index in [9.17, 15) is 14.0 Å². The normalized spacial score (nSPS) is 16.3. The molecule has 2 rings (SSSR count). The zero-order valence-corrected chi connectivity index (χ0v) is 9.18. The van der Waals surface area contributed by atoms with Crippen LogP contribution in [-0.2, 0) is 13.1 Å². The van der Waals surface area contributed by atoms with Gasteiger partial charge in [-0.2, -0.15) is 4.98 Å². The third-order valence-corrected chi connectivity index (χ3v) is 2.56. The second-order valence-corrected chi connectivity index (χ2v) is 3.94. The first-order valence-electron chi connectivity index (χ1n) is 5.07. The van der Waals surface area contributed by atoms with Crippen LogP contribution >= 0.6 is 0 Å². The first-order valence-corrected chi connectivity index (χ1v) is 5.07. The Kier molecular flexibility index (Phi) is 2.53. The number of rotatable bonds is 2. The van der Waals surface area contributed by atoms with Crippen LogP contribution in [-0.4, -0.2) is 33.9 Å². The summed E-state index contributed by atoms with van der Waals surface area (Å²) in [7, 11) is 1.76. The van der Waals surface area contributed by atoms with Gasteiger partial charge in [0, 0.05) is 20.1 Å². The van der Waals surface area contributed by atoms with Gasteiger partial charge < -0.3 is 4.90 Å². The molecule has 0 saturated heterocycles. The van der Waals surface area contributed by atoms with Crippen molar-refractivity contribution < 1.29 is 4.39 Å². The Bertz CT molecular complexity index is 519. The Morgan fingerprint density at radius 2 is 2.12 bits per heavy atom. The van der Waals surface area contributed by atoms with Crippen LogP contribution in [0.4, 0.5) is 10.3 Å². The lowest BCUT2D eigenvalue weighted by Crippen LogP contribution is -2.42. The molecule has 0 aromatic carbocycles. The van der Waals surface area contributed by atoms with E-state index in [4.69, 9.17) is 0 Å². The van der Waals surface area contributed by atoms with E-state index in [1.807, 2.05) is 0 Å². The Balaban J connectivity index is 2.58. The van der Waals surface area contributed by atoms with E-state index in [-0.39, 0.29) is 6.54 Å². The molecule has 1 aromatic heterocycles. The maximum Gasteiger partial charge on any atom is 0.355 e. The first-order chi connectivity index (χ1) is 7.50. The summed E-state index contributed by atoms with van der Waals surface area (Å²) in [6.07, 6.45) is -1.25. The molecule has 16 heavy (non-hydrogen) atoms. The van der Waals surface area contributed by atoms with Gasteiger partial charge in [0.25, 0.3) is 0 Å². The van der Waals surface area contributed by atoms with Crippen LogP contribution in [0.1, 0.15) is 6.92 Å². The van der Waals surface area contributed by atoms with Crippen molar-refractivity contribution in [3.05, 3.63) is 21.0 Å². The average molecular weight is 228 g/mol. The smallest absolute Gasteiger partial charge is 0.343 e. The molecule has 88 valence electrons. The molecule has 7 heteroatoms. The van der Waals surface area contributed by atoms with Crippen molar-refractivity contribution in [1.82, 2.24) is 14.1 Å². The zero-order chi connectivity index (χ0) is 11.9. The largest absolute Gasteiger partial charge is 0.355 e. The van der Waals surface area contributed by atoms with Gasteiger partial charge in [0.1, 0.15) is 6.17 Å². The molecule has 1 aromatic rings. The number of nitrogens with zero attached hydrogens (tertiary/aromatic N) is 4. The molecule has 0 aliphatic carbocycles. The highest BCUT2D eigenvalue weighted by Crippen LogP contribution is 2.10. The van der Waals surface area contributed by atoms with Crippen molar-refractivity contribution in [2.75, 3.05) is 18.5 Å². The highest BCUT2D eigenvalue weighted by atomic mass is 19.1. The lowest BCUT2D eigenvalue weighted by Gasteiger charge is -2.11. The SMILES string of the molecule is CC(F)Cn1c(=O)nc2n(c1=O)CCN2C.